The van der Waals surface area contributed by atoms with Gasteiger partial charge in [0.1, 0.15) is 0 Å². The van der Waals surface area contributed by atoms with E-state index in [1.165, 1.54) is 0 Å². The number of hydrogen-bond donors (Lipinski definition) is 2. The Labute approximate surface area is 92.9 Å². The van der Waals surface area contributed by atoms with Gasteiger partial charge in [0.05, 0.1) is 26.4 Å². The third-order valence-electron chi connectivity index (χ3n) is 2.53. The van der Waals surface area contributed by atoms with Gasteiger partial charge in [-0.2, -0.15) is 0 Å². The summed E-state index contributed by atoms with van der Waals surface area (Å²) in [7, 11) is 1.98. The van der Waals surface area contributed by atoms with Crippen molar-refractivity contribution in [3.05, 3.63) is 0 Å². The van der Waals surface area contributed by atoms with E-state index in [1.807, 2.05) is 7.05 Å². The SMILES string of the molecule is CN(CCOCCO)C(CO)C(C)(C)C. The average Bonchev–Trinajstić information content (AvgIpc) is 2.11. The molecule has 0 aromatic heterocycles. The van der Waals surface area contributed by atoms with Crippen LogP contribution >= 0.6 is 0 Å². The van der Waals surface area contributed by atoms with Gasteiger partial charge in [-0.05, 0) is 12.5 Å². The summed E-state index contributed by atoms with van der Waals surface area (Å²) in [6, 6.07) is 0.134. The van der Waals surface area contributed by atoms with Crippen molar-refractivity contribution in [2.24, 2.45) is 5.41 Å². The van der Waals surface area contributed by atoms with E-state index in [4.69, 9.17) is 9.84 Å². The molecule has 0 aromatic rings. The maximum Gasteiger partial charge on any atom is 0.0698 e. The van der Waals surface area contributed by atoms with Crippen molar-refractivity contribution in [3.8, 4) is 0 Å². The summed E-state index contributed by atoms with van der Waals surface area (Å²) >= 11 is 0. The Morgan fingerprint density at radius 2 is 1.80 bits per heavy atom. The van der Waals surface area contributed by atoms with Crippen molar-refractivity contribution < 1.29 is 14.9 Å². The van der Waals surface area contributed by atoms with Crippen molar-refractivity contribution in [1.82, 2.24) is 4.90 Å². The first-order valence-electron chi connectivity index (χ1n) is 5.43. The summed E-state index contributed by atoms with van der Waals surface area (Å²) < 4.78 is 5.19. The third kappa shape index (κ3) is 6.10. The van der Waals surface area contributed by atoms with Crippen molar-refractivity contribution >= 4 is 0 Å². The van der Waals surface area contributed by atoms with E-state index in [9.17, 15) is 5.11 Å². The van der Waals surface area contributed by atoms with Gasteiger partial charge >= 0.3 is 0 Å². The fraction of sp³-hybridized carbons (Fsp3) is 1.00. The van der Waals surface area contributed by atoms with Gasteiger partial charge in [0.2, 0.25) is 0 Å². The van der Waals surface area contributed by atoms with Crippen molar-refractivity contribution in [1.29, 1.82) is 0 Å². The molecule has 0 saturated heterocycles. The predicted molar refractivity (Wildman–Crippen MR) is 60.9 cm³/mol. The van der Waals surface area contributed by atoms with Crippen LogP contribution in [0.15, 0.2) is 0 Å². The van der Waals surface area contributed by atoms with Gasteiger partial charge < -0.3 is 14.9 Å². The summed E-state index contributed by atoms with van der Waals surface area (Å²) in [5, 5.41) is 17.8. The summed E-state index contributed by atoms with van der Waals surface area (Å²) in [6.07, 6.45) is 0. The molecule has 1 unspecified atom stereocenters. The maximum absolute atomic E-state index is 9.31. The molecule has 0 aromatic carbocycles. The van der Waals surface area contributed by atoms with E-state index in [2.05, 4.69) is 25.7 Å². The normalized spacial score (nSPS) is 14.6. The minimum Gasteiger partial charge on any atom is -0.395 e. The van der Waals surface area contributed by atoms with Gasteiger partial charge in [0.25, 0.3) is 0 Å². The van der Waals surface area contributed by atoms with Crippen LogP contribution in [0.2, 0.25) is 0 Å². The van der Waals surface area contributed by atoms with Gasteiger partial charge in [0.15, 0.2) is 0 Å². The molecular formula is C11H25NO3. The lowest BCUT2D eigenvalue weighted by Crippen LogP contribution is -2.45. The molecular weight excluding hydrogens is 194 g/mol. The molecule has 0 bridgehead atoms. The Kier molecular flexibility index (Phi) is 7.09. The van der Waals surface area contributed by atoms with Crippen LogP contribution in [-0.2, 0) is 4.74 Å². The molecule has 0 aliphatic heterocycles. The van der Waals surface area contributed by atoms with E-state index in [0.29, 0.717) is 13.2 Å². The van der Waals surface area contributed by atoms with Crippen LogP contribution in [0.4, 0.5) is 0 Å². The molecule has 0 amide bonds. The minimum atomic E-state index is 0.0560. The van der Waals surface area contributed by atoms with E-state index in [-0.39, 0.29) is 24.7 Å². The number of aliphatic hydroxyl groups is 2. The lowest BCUT2D eigenvalue weighted by Gasteiger charge is -2.36. The molecule has 0 heterocycles. The largest absolute Gasteiger partial charge is 0.395 e. The van der Waals surface area contributed by atoms with Crippen LogP contribution < -0.4 is 0 Å². The highest BCUT2D eigenvalue weighted by molar-refractivity contribution is 4.80. The van der Waals surface area contributed by atoms with Gasteiger partial charge in [-0.1, -0.05) is 20.8 Å². The van der Waals surface area contributed by atoms with Gasteiger partial charge in [-0.3, -0.25) is 4.90 Å². The zero-order valence-corrected chi connectivity index (χ0v) is 10.4. The van der Waals surface area contributed by atoms with Crippen LogP contribution in [0.5, 0.6) is 0 Å². The van der Waals surface area contributed by atoms with E-state index in [0.717, 1.165) is 6.54 Å². The van der Waals surface area contributed by atoms with E-state index in [1.54, 1.807) is 0 Å². The summed E-state index contributed by atoms with van der Waals surface area (Å²) in [5.41, 5.74) is 0.0560. The zero-order valence-electron chi connectivity index (χ0n) is 10.4. The van der Waals surface area contributed by atoms with Crippen LogP contribution in [0.1, 0.15) is 20.8 Å². The molecule has 4 heteroatoms. The van der Waals surface area contributed by atoms with Gasteiger partial charge in [-0.25, -0.2) is 0 Å². The van der Waals surface area contributed by atoms with Crippen molar-refractivity contribution in [3.63, 3.8) is 0 Å². The lowest BCUT2D eigenvalue weighted by molar-refractivity contribution is 0.0302. The Balaban J connectivity index is 3.89. The Bertz CT molecular complexity index is 156. The van der Waals surface area contributed by atoms with Gasteiger partial charge in [0, 0.05) is 12.6 Å². The van der Waals surface area contributed by atoms with Crippen molar-refractivity contribution in [2.45, 2.75) is 26.8 Å². The van der Waals surface area contributed by atoms with Crippen LogP contribution in [0, 0.1) is 5.41 Å². The zero-order chi connectivity index (χ0) is 11.9. The highest BCUT2D eigenvalue weighted by Gasteiger charge is 2.27. The summed E-state index contributed by atoms with van der Waals surface area (Å²) in [6.45, 7) is 8.28. The quantitative estimate of drug-likeness (QED) is 0.606. The predicted octanol–water partition coefficient (Wildman–Crippen LogP) is 0.334. The first-order valence-corrected chi connectivity index (χ1v) is 5.43. The first-order chi connectivity index (χ1) is 6.93. The average molecular weight is 219 g/mol. The Morgan fingerprint density at radius 1 is 1.20 bits per heavy atom. The molecule has 0 spiro atoms. The lowest BCUT2D eigenvalue weighted by atomic mass is 9.86. The molecule has 0 aliphatic rings. The van der Waals surface area contributed by atoms with E-state index >= 15 is 0 Å². The third-order valence-corrected chi connectivity index (χ3v) is 2.53. The molecule has 0 aliphatic carbocycles. The summed E-state index contributed by atoms with van der Waals surface area (Å²) in [5.74, 6) is 0. The van der Waals surface area contributed by atoms with Crippen LogP contribution in [0.3, 0.4) is 0 Å². The number of hydrogen-bond acceptors (Lipinski definition) is 4. The number of aliphatic hydroxyl groups excluding tert-OH is 2. The molecule has 15 heavy (non-hydrogen) atoms. The molecule has 0 radical (unpaired) electrons. The second-order valence-corrected chi connectivity index (χ2v) is 4.88. The molecule has 2 N–H and O–H groups in total. The topological polar surface area (TPSA) is 52.9 Å². The minimum absolute atomic E-state index is 0.0560. The summed E-state index contributed by atoms with van der Waals surface area (Å²) in [4.78, 5) is 2.09. The fourth-order valence-electron chi connectivity index (χ4n) is 1.61. The standard InChI is InChI=1S/C11H25NO3/c1-11(2,3)10(9-14)12(4)5-7-15-8-6-13/h10,13-14H,5-9H2,1-4H3. The Hall–Kier alpha value is -0.160. The Morgan fingerprint density at radius 3 is 2.20 bits per heavy atom. The monoisotopic (exact) mass is 219 g/mol. The fourth-order valence-corrected chi connectivity index (χ4v) is 1.61. The molecule has 1 atom stereocenters. The van der Waals surface area contributed by atoms with E-state index < -0.39 is 0 Å². The molecule has 92 valence electrons. The molecule has 0 saturated carbocycles. The number of ether oxygens (including phenoxy) is 1. The molecule has 4 nitrogen and oxygen atoms in total. The first kappa shape index (κ1) is 14.8. The second-order valence-electron chi connectivity index (χ2n) is 4.88. The maximum atomic E-state index is 9.31. The smallest absolute Gasteiger partial charge is 0.0698 e. The number of rotatable bonds is 7. The second kappa shape index (κ2) is 7.17. The van der Waals surface area contributed by atoms with Crippen LogP contribution in [0.25, 0.3) is 0 Å². The number of nitrogens with zero attached hydrogens (tertiary/aromatic N) is 1. The highest BCUT2D eigenvalue weighted by Crippen LogP contribution is 2.22. The highest BCUT2D eigenvalue weighted by atomic mass is 16.5. The molecule has 0 fully saturated rings. The number of likely N-dealkylation sites (N-methyl/N-ethyl adjacent to an activating group) is 1. The van der Waals surface area contributed by atoms with Crippen LogP contribution in [-0.4, -0.2) is 61.2 Å². The molecule has 0 rings (SSSR count). The van der Waals surface area contributed by atoms with Crippen molar-refractivity contribution in [2.75, 3.05) is 40.0 Å². The van der Waals surface area contributed by atoms with Gasteiger partial charge in [-0.15, -0.1) is 0 Å².